The largest absolute Gasteiger partial charge is 0.497 e. The summed E-state index contributed by atoms with van der Waals surface area (Å²) in [5.41, 5.74) is 2.76. The molecule has 0 fully saturated rings. The molecule has 2 aromatic rings. The second-order valence-corrected chi connectivity index (χ2v) is 4.89. The highest BCUT2D eigenvalue weighted by Crippen LogP contribution is 2.17. The highest BCUT2D eigenvalue weighted by Gasteiger charge is 2.03. The van der Waals surface area contributed by atoms with Crippen molar-refractivity contribution in [3.05, 3.63) is 59.7 Å². The second-order valence-electron chi connectivity index (χ2n) is 4.89. The summed E-state index contributed by atoms with van der Waals surface area (Å²) in [7, 11) is 5.60. The van der Waals surface area contributed by atoms with Crippen LogP contribution in [0.2, 0.25) is 0 Å². The average Bonchev–Trinajstić information content (AvgIpc) is 2.53. The number of ether oxygens (including phenoxy) is 1. The number of anilines is 1. The number of aliphatic hydroxyl groups excluding tert-OH is 1. The van der Waals surface area contributed by atoms with E-state index in [4.69, 9.17) is 4.74 Å². The maximum absolute atomic E-state index is 10.1. The van der Waals surface area contributed by atoms with Crippen molar-refractivity contribution in [3.63, 3.8) is 0 Å². The molecule has 2 aromatic carbocycles. The first kappa shape index (κ1) is 15.0. The van der Waals surface area contributed by atoms with E-state index in [1.54, 1.807) is 7.11 Å². The molecular formula is C18H19NO2. The molecule has 0 heterocycles. The van der Waals surface area contributed by atoms with Crippen molar-refractivity contribution in [2.45, 2.75) is 6.10 Å². The molecule has 1 atom stereocenters. The normalized spacial score (nSPS) is 11.2. The maximum atomic E-state index is 10.1. The molecule has 0 spiro atoms. The predicted octanol–water partition coefficient (Wildman–Crippen LogP) is 2.85. The van der Waals surface area contributed by atoms with E-state index in [9.17, 15) is 5.11 Å². The van der Waals surface area contributed by atoms with Crippen molar-refractivity contribution in [1.29, 1.82) is 0 Å². The molecule has 0 saturated carbocycles. The molecule has 0 bridgehead atoms. The minimum Gasteiger partial charge on any atom is -0.497 e. The van der Waals surface area contributed by atoms with Gasteiger partial charge in [-0.25, -0.2) is 0 Å². The van der Waals surface area contributed by atoms with E-state index >= 15 is 0 Å². The molecule has 0 aromatic heterocycles. The Bertz CT molecular complexity index is 634. The van der Waals surface area contributed by atoms with E-state index in [2.05, 4.69) is 11.8 Å². The van der Waals surface area contributed by atoms with Gasteiger partial charge in [0.1, 0.15) is 11.9 Å². The van der Waals surface area contributed by atoms with Gasteiger partial charge in [0.05, 0.1) is 7.11 Å². The lowest BCUT2D eigenvalue weighted by molar-refractivity contribution is 0.238. The Labute approximate surface area is 125 Å². The van der Waals surface area contributed by atoms with Gasteiger partial charge in [-0.3, -0.25) is 0 Å². The summed E-state index contributed by atoms with van der Waals surface area (Å²) in [6.45, 7) is 0. The highest BCUT2D eigenvalue weighted by atomic mass is 16.5. The maximum Gasteiger partial charge on any atom is 0.140 e. The van der Waals surface area contributed by atoms with E-state index in [0.717, 1.165) is 22.6 Å². The summed E-state index contributed by atoms with van der Waals surface area (Å²) in [6.07, 6.45) is -0.801. The zero-order chi connectivity index (χ0) is 15.2. The van der Waals surface area contributed by atoms with Gasteiger partial charge in [-0.05, 0) is 42.0 Å². The van der Waals surface area contributed by atoms with Crippen molar-refractivity contribution in [2.75, 3.05) is 26.1 Å². The molecule has 1 N–H and O–H groups in total. The molecule has 21 heavy (non-hydrogen) atoms. The number of rotatable bonds is 3. The molecule has 0 aliphatic carbocycles. The van der Waals surface area contributed by atoms with Crippen LogP contribution >= 0.6 is 0 Å². The fraction of sp³-hybridized carbons (Fsp3) is 0.222. The zero-order valence-corrected chi connectivity index (χ0v) is 12.5. The summed E-state index contributed by atoms with van der Waals surface area (Å²) >= 11 is 0. The van der Waals surface area contributed by atoms with Crippen LogP contribution in [0.15, 0.2) is 48.5 Å². The molecular weight excluding hydrogens is 262 g/mol. The van der Waals surface area contributed by atoms with Crippen molar-refractivity contribution < 1.29 is 9.84 Å². The second kappa shape index (κ2) is 6.83. The van der Waals surface area contributed by atoms with Gasteiger partial charge >= 0.3 is 0 Å². The van der Waals surface area contributed by atoms with Crippen LogP contribution < -0.4 is 9.64 Å². The summed E-state index contributed by atoms with van der Waals surface area (Å²) < 4.78 is 5.09. The van der Waals surface area contributed by atoms with E-state index in [1.807, 2.05) is 67.5 Å². The van der Waals surface area contributed by atoms with Gasteiger partial charge in [0.15, 0.2) is 0 Å². The van der Waals surface area contributed by atoms with Gasteiger partial charge in [0.25, 0.3) is 0 Å². The van der Waals surface area contributed by atoms with Crippen LogP contribution in [0.5, 0.6) is 5.75 Å². The monoisotopic (exact) mass is 281 g/mol. The molecule has 1 unspecified atom stereocenters. The standard InChI is InChI=1S/C18H19NO2/c1-19(2)16-9-4-14(5-10-16)6-13-18(20)15-7-11-17(21-3)12-8-15/h4-5,7-12,18,20H,1-3H3. The van der Waals surface area contributed by atoms with Crippen LogP contribution in [0, 0.1) is 11.8 Å². The Morgan fingerprint density at radius 1 is 1.00 bits per heavy atom. The van der Waals surface area contributed by atoms with Gasteiger partial charge in [0.2, 0.25) is 0 Å². The minimum absolute atomic E-state index is 0.758. The predicted molar refractivity (Wildman–Crippen MR) is 85.6 cm³/mol. The fourth-order valence-corrected chi connectivity index (χ4v) is 1.86. The molecule has 0 radical (unpaired) electrons. The first-order chi connectivity index (χ1) is 10.1. The topological polar surface area (TPSA) is 32.7 Å². The third-order valence-corrected chi connectivity index (χ3v) is 3.17. The summed E-state index contributed by atoms with van der Waals surface area (Å²) in [5.74, 6) is 6.60. The molecule has 108 valence electrons. The minimum atomic E-state index is -0.801. The third kappa shape index (κ3) is 4.01. The van der Waals surface area contributed by atoms with Crippen molar-refractivity contribution in [2.24, 2.45) is 0 Å². The lowest BCUT2D eigenvalue weighted by Crippen LogP contribution is -2.07. The molecule has 0 saturated heterocycles. The van der Waals surface area contributed by atoms with Gasteiger partial charge in [-0.2, -0.15) is 0 Å². The van der Waals surface area contributed by atoms with E-state index in [-0.39, 0.29) is 0 Å². The number of hydrogen-bond donors (Lipinski definition) is 1. The van der Waals surface area contributed by atoms with Crippen molar-refractivity contribution in [1.82, 2.24) is 0 Å². The Hall–Kier alpha value is -2.44. The summed E-state index contributed by atoms with van der Waals surface area (Å²) in [5, 5.41) is 10.1. The average molecular weight is 281 g/mol. The Kier molecular flexibility index (Phi) is 4.86. The molecule has 0 aliphatic rings. The first-order valence-corrected chi connectivity index (χ1v) is 6.71. The number of aliphatic hydroxyl groups is 1. The van der Waals surface area contributed by atoms with Crippen molar-refractivity contribution in [3.8, 4) is 17.6 Å². The smallest absolute Gasteiger partial charge is 0.140 e. The molecule has 3 heteroatoms. The Morgan fingerprint density at radius 3 is 2.14 bits per heavy atom. The zero-order valence-electron chi connectivity index (χ0n) is 12.5. The number of methoxy groups -OCH3 is 1. The fourth-order valence-electron chi connectivity index (χ4n) is 1.86. The van der Waals surface area contributed by atoms with E-state index in [0.29, 0.717) is 0 Å². The van der Waals surface area contributed by atoms with Gasteiger partial charge in [0, 0.05) is 25.3 Å². The quantitative estimate of drug-likeness (QED) is 0.878. The highest BCUT2D eigenvalue weighted by molar-refractivity contribution is 5.49. The Balaban J connectivity index is 2.09. The van der Waals surface area contributed by atoms with E-state index in [1.165, 1.54) is 0 Å². The summed E-state index contributed by atoms with van der Waals surface area (Å²) in [6, 6.07) is 15.2. The molecule has 0 aliphatic heterocycles. The van der Waals surface area contributed by atoms with E-state index < -0.39 is 6.10 Å². The van der Waals surface area contributed by atoms with Crippen LogP contribution in [0.4, 0.5) is 5.69 Å². The van der Waals surface area contributed by atoms with Crippen LogP contribution in [0.25, 0.3) is 0 Å². The van der Waals surface area contributed by atoms with Gasteiger partial charge < -0.3 is 14.7 Å². The number of nitrogens with zero attached hydrogens (tertiary/aromatic N) is 1. The van der Waals surface area contributed by atoms with Gasteiger partial charge in [-0.1, -0.05) is 24.0 Å². The summed E-state index contributed by atoms with van der Waals surface area (Å²) in [4.78, 5) is 2.03. The van der Waals surface area contributed by atoms with Crippen molar-refractivity contribution >= 4 is 5.69 Å². The number of hydrogen-bond acceptors (Lipinski definition) is 3. The third-order valence-electron chi connectivity index (χ3n) is 3.17. The molecule has 2 rings (SSSR count). The van der Waals surface area contributed by atoms with Crippen LogP contribution in [-0.2, 0) is 0 Å². The van der Waals surface area contributed by atoms with Crippen LogP contribution in [0.3, 0.4) is 0 Å². The Morgan fingerprint density at radius 2 is 1.62 bits per heavy atom. The lowest BCUT2D eigenvalue weighted by Gasteiger charge is -2.11. The SMILES string of the molecule is COc1ccc(C(O)C#Cc2ccc(N(C)C)cc2)cc1. The molecule has 0 amide bonds. The van der Waals surface area contributed by atoms with Crippen LogP contribution in [0.1, 0.15) is 17.2 Å². The lowest BCUT2D eigenvalue weighted by atomic mass is 10.1. The number of benzene rings is 2. The van der Waals surface area contributed by atoms with Crippen LogP contribution in [-0.4, -0.2) is 26.3 Å². The molecule has 3 nitrogen and oxygen atoms in total. The van der Waals surface area contributed by atoms with Gasteiger partial charge in [-0.15, -0.1) is 0 Å². The first-order valence-electron chi connectivity index (χ1n) is 6.71.